The van der Waals surface area contributed by atoms with E-state index in [1.807, 2.05) is 0 Å². The molecule has 0 unspecified atom stereocenters. The van der Waals surface area contributed by atoms with Crippen molar-refractivity contribution in [3.8, 4) is 0 Å². The maximum atomic E-state index is 12.9. The van der Waals surface area contributed by atoms with E-state index in [0.29, 0.717) is 5.69 Å². The SMILES string of the molecule is C[C@@H](Cc1ccccc1C(F)(F)F)NC(=O)Nc1cnn(C)c1. The van der Waals surface area contributed by atoms with Crippen molar-refractivity contribution < 1.29 is 18.0 Å². The average molecular weight is 326 g/mol. The van der Waals surface area contributed by atoms with E-state index < -0.39 is 23.8 Å². The molecular weight excluding hydrogens is 309 g/mol. The molecule has 1 aromatic carbocycles. The highest BCUT2D eigenvalue weighted by Crippen LogP contribution is 2.32. The molecule has 8 heteroatoms. The largest absolute Gasteiger partial charge is 0.416 e. The van der Waals surface area contributed by atoms with Crippen molar-refractivity contribution in [3.63, 3.8) is 0 Å². The zero-order valence-corrected chi connectivity index (χ0v) is 12.7. The first-order valence-corrected chi connectivity index (χ1v) is 6.97. The molecule has 1 aromatic heterocycles. The third kappa shape index (κ3) is 4.73. The molecule has 124 valence electrons. The van der Waals surface area contributed by atoms with Crippen molar-refractivity contribution in [1.29, 1.82) is 0 Å². The van der Waals surface area contributed by atoms with Crippen LogP contribution in [0.15, 0.2) is 36.7 Å². The summed E-state index contributed by atoms with van der Waals surface area (Å²) in [6, 6.07) is 4.40. The van der Waals surface area contributed by atoms with E-state index in [1.54, 1.807) is 26.2 Å². The Labute approximate surface area is 131 Å². The molecule has 0 aliphatic heterocycles. The standard InChI is InChI=1S/C15H17F3N4O/c1-10(20-14(23)21-12-8-19-22(2)9-12)7-11-5-3-4-6-13(11)15(16,17)18/h3-6,8-10H,7H2,1-2H3,(H2,20,21,23)/t10-/m0/s1. The highest BCUT2D eigenvalue weighted by atomic mass is 19.4. The van der Waals surface area contributed by atoms with Crippen LogP contribution in [-0.4, -0.2) is 21.9 Å². The summed E-state index contributed by atoms with van der Waals surface area (Å²) in [5.41, 5.74) is -0.0246. The molecule has 0 radical (unpaired) electrons. The fraction of sp³-hybridized carbons (Fsp3) is 0.333. The van der Waals surface area contributed by atoms with Gasteiger partial charge < -0.3 is 10.6 Å². The summed E-state index contributed by atoms with van der Waals surface area (Å²) in [5.74, 6) is 0. The molecule has 0 aliphatic carbocycles. The van der Waals surface area contributed by atoms with Crippen LogP contribution in [0.4, 0.5) is 23.7 Å². The zero-order valence-electron chi connectivity index (χ0n) is 12.7. The van der Waals surface area contributed by atoms with E-state index in [1.165, 1.54) is 23.0 Å². The Morgan fingerprint density at radius 2 is 2.04 bits per heavy atom. The highest BCUT2D eigenvalue weighted by molar-refractivity contribution is 5.89. The number of aromatic nitrogens is 2. The minimum Gasteiger partial charge on any atom is -0.335 e. The Balaban J connectivity index is 1.97. The molecule has 1 heterocycles. The number of anilines is 1. The van der Waals surface area contributed by atoms with Gasteiger partial charge in [0.15, 0.2) is 0 Å². The van der Waals surface area contributed by atoms with Gasteiger partial charge in [-0.2, -0.15) is 18.3 Å². The van der Waals surface area contributed by atoms with Gasteiger partial charge in [-0.25, -0.2) is 4.79 Å². The van der Waals surface area contributed by atoms with Crippen molar-refractivity contribution in [1.82, 2.24) is 15.1 Å². The van der Waals surface area contributed by atoms with Crippen LogP contribution in [0.1, 0.15) is 18.1 Å². The van der Waals surface area contributed by atoms with Crippen LogP contribution in [0.2, 0.25) is 0 Å². The van der Waals surface area contributed by atoms with Gasteiger partial charge in [0.2, 0.25) is 0 Å². The molecular formula is C15H17F3N4O. The lowest BCUT2D eigenvalue weighted by Gasteiger charge is -2.17. The molecule has 2 amide bonds. The summed E-state index contributed by atoms with van der Waals surface area (Å²) >= 11 is 0. The Morgan fingerprint density at radius 3 is 2.65 bits per heavy atom. The minimum absolute atomic E-state index is 0.0795. The van der Waals surface area contributed by atoms with Gasteiger partial charge in [0.1, 0.15) is 0 Å². The van der Waals surface area contributed by atoms with Gasteiger partial charge in [-0.05, 0) is 25.0 Å². The second kappa shape index (κ2) is 6.72. The van der Waals surface area contributed by atoms with Gasteiger partial charge in [-0.3, -0.25) is 4.68 Å². The van der Waals surface area contributed by atoms with E-state index in [-0.39, 0.29) is 12.0 Å². The normalized spacial score (nSPS) is 12.7. The van der Waals surface area contributed by atoms with Gasteiger partial charge in [0.25, 0.3) is 0 Å². The van der Waals surface area contributed by atoms with Crippen LogP contribution in [0.5, 0.6) is 0 Å². The Bertz CT molecular complexity index is 681. The van der Waals surface area contributed by atoms with Gasteiger partial charge in [-0.15, -0.1) is 0 Å². The Kier molecular flexibility index (Phi) is 4.92. The number of nitrogens with one attached hydrogen (secondary N) is 2. The number of rotatable bonds is 4. The molecule has 2 aromatic rings. The predicted molar refractivity (Wildman–Crippen MR) is 80.0 cm³/mol. The quantitative estimate of drug-likeness (QED) is 0.906. The summed E-state index contributed by atoms with van der Waals surface area (Å²) in [6.07, 6.45) is -1.24. The molecule has 23 heavy (non-hydrogen) atoms. The number of urea groups is 1. The maximum Gasteiger partial charge on any atom is 0.416 e. The molecule has 1 atom stereocenters. The summed E-state index contributed by atoms with van der Waals surface area (Å²) in [7, 11) is 1.71. The summed E-state index contributed by atoms with van der Waals surface area (Å²) in [6.45, 7) is 1.65. The van der Waals surface area contributed by atoms with Gasteiger partial charge in [0, 0.05) is 19.3 Å². The van der Waals surface area contributed by atoms with Crippen LogP contribution in [0, 0.1) is 0 Å². The predicted octanol–water partition coefficient (Wildman–Crippen LogP) is 3.19. The lowest BCUT2D eigenvalue weighted by atomic mass is 10.0. The van der Waals surface area contributed by atoms with Crippen LogP contribution >= 0.6 is 0 Å². The van der Waals surface area contributed by atoms with E-state index in [0.717, 1.165) is 6.07 Å². The number of hydrogen-bond acceptors (Lipinski definition) is 2. The zero-order chi connectivity index (χ0) is 17.0. The second-order valence-electron chi connectivity index (χ2n) is 5.26. The fourth-order valence-corrected chi connectivity index (χ4v) is 2.23. The van der Waals surface area contributed by atoms with Crippen LogP contribution in [0.25, 0.3) is 0 Å². The number of carbonyl (C=O) groups is 1. The topological polar surface area (TPSA) is 59.0 Å². The Morgan fingerprint density at radius 1 is 1.35 bits per heavy atom. The van der Waals surface area contributed by atoms with E-state index in [2.05, 4.69) is 15.7 Å². The monoisotopic (exact) mass is 326 g/mol. The van der Waals surface area contributed by atoms with Gasteiger partial charge in [-0.1, -0.05) is 18.2 Å². The molecule has 2 rings (SSSR count). The minimum atomic E-state index is -4.41. The lowest BCUT2D eigenvalue weighted by Crippen LogP contribution is -2.37. The third-order valence-corrected chi connectivity index (χ3v) is 3.19. The van der Waals surface area contributed by atoms with Gasteiger partial charge >= 0.3 is 12.2 Å². The van der Waals surface area contributed by atoms with Crippen molar-refractivity contribution in [2.45, 2.75) is 25.6 Å². The number of carbonyl (C=O) groups excluding carboxylic acids is 1. The number of halogens is 3. The summed E-state index contributed by atoms with van der Waals surface area (Å²) in [4.78, 5) is 11.8. The first-order valence-electron chi connectivity index (χ1n) is 6.97. The first-order chi connectivity index (χ1) is 10.8. The summed E-state index contributed by atoms with van der Waals surface area (Å²) in [5, 5.41) is 9.08. The van der Waals surface area contributed by atoms with Crippen molar-refractivity contribution in [2.75, 3.05) is 5.32 Å². The number of benzene rings is 1. The smallest absolute Gasteiger partial charge is 0.335 e. The molecule has 0 aliphatic rings. The number of amides is 2. The van der Waals surface area contributed by atoms with Crippen LogP contribution in [0.3, 0.4) is 0 Å². The molecule has 0 fully saturated rings. The molecule has 0 saturated carbocycles. The molecule has 0 bridgehead atoms. The Hall–Kier alpha value is -2.51. The number of aryl methyl sites for hydroxylation is 1. The van der Waals surface area contributed by atoms with E-state index >= 15 is 0 Å². The van der Waals surface area contributed by atoms with Crippen LogP contribution in [-0.2, 0) is 19.6 Å². The number of hydrogen-bond donors (Lipinski definition) is 2. The van der Waals surface area contributed by atoms with E-state index in [4.69, 9.17) is 0 Å². The average Bonchev–Trinajstić information content (AvgIpc) is 2.83. The first kappa shape index (κ1) is 16.9. The van der Waals surface area contributed by atoms with Crippen molar-refractivity contribution in [2.24, 2.45) is 7.05 Å². The molecule has 2 N–H and O–H groups in total. The number of nitrogens with zero attached hydrogens (tertiary/aromatic N) is 2. The lowest BCUT2D eigenvalue weighted by molar-refractivity contribution is -0.138. The molecule has 0 spiro atoms. The fourth-order valence-electron chi connectivity index (χ4n) is 2.23. The van der Waals surface area contributed by atoms with Crippen LogP contribution < -0.4 is 10.6 Å². The highest BCUT2D eigenvalue weighted by Gasteiger charge is 2.33. The van der Waals surface area contributed by atoms with Gasteiger partial charge in [0.05, 0.1) is 17.4 Å². The molecule has 0 saturated heterocycles. The maximum absolute atomic E-state index is 12.9. The molecule has 5 nitrogen and oxygen atoms in total. The van der Waals surface area contributed by atoms with E-state index in [9.17, 15) is 18.0 Å². The van der Waals surface area contributed by atoms with Crippen molar-refractivity contribution in [3.05, 3.63) is 47.8 Å². The second-order valence-corrected chi connectivity index (χ2v) is 5.26. The third-order valence-electron chi connectivity index (χ3n) is 3.19. The summed E-state index contributed by atoms with van der Waals surface area (Å²) < 4.78 is 40.4. The number of alkyl halides is 3. The van der Waals surface area contributed by atoms with Crippen molar-refractivity contribution >= 4 is 11.7 Å².